The molecule has 4 heteroatoms. The molecule has 19 heavy (non-hydrogen) atoms. The maximum Gasteiger partial charge on any atom is 0.174 e. The summed E-state index contributed by atoms with van der Waals surface area (Å²) in [6, 6.07) is 12.9. The summed E-state index contributed by atoms with van der Waals surface area (Å²) in [5.41, 5.74) is 1.65. The van der Waals surface area contributed by atoms with Crippen LogP contribution in [-0.2, 0) is 0 Å². The van der Waals surface area contributed by atoms with E-state index in [0.29, 0.717) is 21.4 Å². The number of rotatable bonds is 4. The first kappa shape index (κ1) is 14.4. The van der Waals surface area contributed by atoms with E-state index in [4.69, 9.17) is 23.2 Å². The van der Waals surface area contributed by atoms with E-state index in [-0.39, 0.29) is 5.78 Å². The Bertz CT molecular complexity index is 611. The van der Waals surface area contributed by atoms with Crippen LogP contribution in [0, 0.1) is 6.92 Å². The zero-order valence-electron chi connectivity index (χ0n) is 10.3. The fourth-order valence-corrected chi connectivity index (χ4v) is 2.96. The van der Waals surface area contributed by atoms with Gasteiger partial charge >= 0.3 is 0 Å². The van der Waals surface area contributed by atoms with Crippen LogP contribution in [0.3, 0.4) is 0 Å². The third kappa shape index (κ3) is 3.75. The lowest BCUT2D eigenvalue weighted by Crippen LogP contribution is -2.03. The Kier molecular flexibility index (Phi) is 4.92. The largest absolute Gasteiger partial charge is 0.293 e. The number of hydrogen-bond acceptors (Lipinski definition) is 2. The number of Topliss-reactive ketones (excluding diaryl/α,β-unsaturated/α-hetero) is 1. The molecule has 0 aliphatic heterocycles. The maximum absolute atomic E-state index is 12.1. The molecule has 0 radical (unpaired) electrons. The van der Waals surface area contributed by atoms with Crippen LogP contribution in [0.1, 0.15) is 15.9 Å². The lowest BCUT2D eigenvalue weighted by atomic mass is 10.1. The van der Waals surface area contributed by atoms with Crippen LogP contribution in [0.4, 0.5) is 0 Å². The average molecular weight is 311 g/mol. The smallest absolute Gasteiger partial charge is 0.174 e. The Morgan fingerprint density at radius 3 is 2.63 bits per heavy atom. The van der Waals surface area contributed by atoms with Crippen molar-refractivity contribution in [1.82, 2.24) is 0 Å². The molecule has 0 saturated carbocycles. The first-order valence-corrected chi connectivity index (χ1v) is 7.49. The monoisotopic (exact) mass is 310 g/mol. The molecule has 0 N–H and O–H groups in total. The topological polar surface area (TPSA) is 17.1 Å². The first-order chi connectivity index (χ1) is 9.08. The number of carbonyl (C=O) groups is 1. The number of thioether (sulfide) groups is 1. The molecule has 0 aliphatic rings. The summed E-state index contributed by atoms with van der Waals surface area (Å²) in [6.07, 6.45) is 0. The molecule has 0 fully saturated rings. The summed E-state index contributed by atoms with van der Waals surface area (Å²) in [5, 5.41) is 0.966. The van der Waals surface area contributed by atoms with Gasteiger partial charge in [0, 0.05) is 15.5 Å². The molecule has 2 aromatic rings. The quantitative estimate of drug-likeness (QED) is 0.564. The second kappa shape index (κ2) is 6.47. The minimum absolute atomic E-state index is 0.0132. The van der Waals surface area contributed by atoms with E-state index in [1.54, 1.807) is 18.2 Å². The van der Waals surface area contributed by atoms with Gasteiger partial charge in [0.15, 0.2) is 5.78 Å². The van der Waals surface area contributed by atoms with Crippen molar-refractivity contribution in [2.24, 2.45) is 0 Å². The van der Waals surface area contributed by atoms with E-state index in [1.807, 2.05) is 31.2 Å². The highest BCUT2D eigenvalue weighted by atomic mass is 35.5. The van der Waals surface area contributed by atoms with Gasteiger partial charge in [0.05, 0.1) is 10.8 Å². The molecule has 0 heterocycles. The van der Waals surface area contributed by atoms with Gasteiger partial charge in [-0.1, -0.05) is 41.4 Å². The second-order valence-corrected chi connectivity index (χ2v) is 5.96. The average Bonchev–Trinajstić information content (AvgIpc) is 2.40. The van der Waals surface area contributed by atoms with Crippen LogP contribution >= 0.6 is 35.0 Å². The normalized spacial score (nSPS) is 10.5. The van der Waals surface area contributed by atoms with E-state index >= 15 is 0 Å². The van der Waals surface area contributed by atoms with Crippen LogP contribution in [0.25, 0.3) is 0 Å². The zero-order valence-corrected chi connectivity index (χ0v) is 12.6. The van der Waals surface area contributed by atoms with Gasteiger partial charge in [-0.25, -0.2) is 0 Å². The molecule has 0 saturated heterocycles. The summed E-state index contributed by atoms with van der Waals surface area (Å²) in [6.45, 7) is 2.03. The van der Waals surface area contributed by atoms with Gasteiger partial charge < -0.3 is 0 Å². The van der Waals surface area contributed by atoms with E-state index < -0.39 is 0 Å². The van der Waals surface area contributed by atoms with E-state index in [2.05, 4.69) is 0 Å². The number of aryl methyl sites for hydroxylation is 1. The summed E-state index contributed by atoms with van der Waals surface area (Å²) in [4.78, 5) is 13.2. The van der Waals surface area contributed by atoms with Crippen LogP contribution in [-0.4, -0.2) is 11.5 Å². The van der Waals surface area contributed by atoms with Crippen molar-refractivity contribution >= 4 is 40.7 Å². The molecule has 2 rings (SSSR count). The molecular formula is C15H12Cl2OS. The Morgan fingerprint density at radius 1 is 1.16 bits per heavy atom. The van der Waals surface area contributed by atoms with E-state index in [1.165, 1.54) is 11.8 Å². The van der Waals surface area contributed by atoms with Gasteiger partial charge in [0.25, 0.3) is 0 Å². The number of hydrogen-bond donors (Lipinski definition) is 0. The predicted molar refractivity (Wildman–Crippen MR) is 82.7 cm³/mol. The van der Waals surface area contributed by atoms with Crippen molar-refractivity contribution in [2.45, 2.75) is 11.8 Å². The Labute approximate surface area is 126 Å². The fourth-order valence-electron chi connectivity index (χ4n) is 1.65. The standard InChI is InChI=1S/C15H12Cl2OS/c1-10-4-2-3-5-15(10)19-9-14(18)12-8-11(16)6-7-13(12)17/h2-8H,9H2,1H3. The van der Waals surface area contributed by atoms with Crippen molar-refractivity contribution in [2.75, 3.05) is 5.75 Å². The number of halogens is 2. The molecule has 98 valence electrons. The minimum Gasteiger partial charge on any atom is -0.293 e. The van der Waals surface area contributed by atoms with Gasteiger partial charge in [0.2, 0.25) is 0 Å². The Morgan fingerprint density at radius 2 is 1.89 bits per heavy atom. The summed E-state index contributed by atoms with van der Waals surface area (Å²) in [5.74, 6) is 0.339. The van der Waals surface area contributed by atoms with Crippen molar-refractivity contribution in [3.05, 3.63) is 63.6 Å². The van der Waals surface area contributed by atoms with Crippen molar-refractivity contribution in [3.63, 3.8) is 0 Å². The molecule has 0 amide bonds. The molecule has 1 nitrogen and oxygen atoms in total. The van der Waals surface area contributed by atoms with E-state index in [0.717, 1.165) is 10.5 Å². The minimum atomic E-state index is -0.0132. The van der Waals surface area contributed by atoms with Gasteiger partial charge in [-0.3, -0.25) is 4.79 Å². The van der Waals surface area contributed by atoms with E-state index in [9.17, 15) is 4.79 Å². The van der Waals surface area contributed by atoms with Crippen molar-refractivity contribution < 1.29 is 4.79 Å². The number of benzene rings is 2. The van der Waals surface area contributed by atoms with Crippen molar-refractivity contribution in [1.29, 1.82) is 0 Å². The predicted octanol–water partition coefficient (Wildman–Crippen LogP) is 5.28. The highest BCUT2D eigenvalue weighted by molar-refractivity contribution is 8.00. The number of ketones is 1. The van der Waals surface area contributed by atoms with Gasteiger partial charge in [-0.15, -0.1) is 11.8 Å². The summed E-state index contributed by atoms with van der Waals surface area (Å²) in [7, 11) is 0. The van der Waals surface area contributed by atoms with Gasteiger partial charge in [-0.05, 0) is 36.8 Å². The summed E-state index contributed by atoms with van der Waals surface area (Å²) >= 11 is 13.4. The number of carbonyl (C=O) groups excluding carboxylic acids is 1. The molecular weight excluding hydrogens is 299 g/mol. The molecule has 0 unspecified atom stereocenters. The molecule has 0 aliphatic carbocycles. The Hall–Kier alpha value is -0.960. The Balaban J connectivity index is 2.10. The van der Waals surface area contributed by atoms with Gasteiger partial charge in [0.1, 0.15) is 0 Å². The highest BCUT2D eigenvalue weighted by Crippen LogP contribution is 2.26. The molecule has 2 aromatic carbocycles. The third-order valence-corrected chi connectivity index (χ3v) is 4.42. The summed E-state index contributed by atoms with van der Waals surface area (Å²) < 4.78 is 0. The lowest BCUT2D eigenvalue weighted by molar-refractivity contribution is 0.102. The zero-order chi connectivity index (χ0) is 13.8. The second-order valence-electron chi connectivity index (χ2n) is 4.10. The highest BCUT2D eigenvalue weighted by Gasteiger charge is 2.12. The van der Waals surface area contributed by atoms with Crippen LogP contribution < -0.4 is 0 Å². The maximum atomic E-state index is 12.1. The van der Waals surface area contributed by atoms with Gasteiger partial charge in [-0.2, -0.15) is 0 Å². The van der Waals surface area contributed by atoms with Crippen molar-refractivity contribution in [3.8, 4) is 0 Å². The van der Waals surface area contributed by atoms with Crippen LogP contribution in [0.2, 0.25) is 10.0 Å². The SMILES string of the molecule is Cc1ccccc1SCC(=O)c1cc(Cl)ccc1Cl. The molecule has 0 aromatic heterocycles. The van der Waals surface area contributed by atoms with Crippen LogP contribution in [0.15, 0.2) is 47.4 Å². The molecule has 0 atom stereocenters. The molecule has 0 bridgehead atoms. The van der Waals surface area contributed by atoms with Crippen LogP contribution in [0.5, 0.6) is 0 Å². The molecule has 0 spiro atoms. The fraction of sp³-hybridized carbons (Fsp3) is 0.133. The lowest BCUT2D eigenvalue weighted by Gasteiger charge is -2.06. The first-order valence-electron chi connectivity index (χ1n) is 5.74. The third-order valence-electron chi connectivity index (χ3n) is 2.68.